The van der Waals surface area contributed by atoms with Crippen molar-refractivity contribution in [3.63, 3.8) is 0 Å². The molecule has 2 N–H and O–H groups in total. The molecule has 0 aliphatic carbocycles. The number of carbonyl (C=O) groups excluding carboxylic acids is 1. The van der Waals surface area contributed by atoms with Gasteiger partial charge in [0.15, 0.2) is 0 Å². The molecular formula is C14H11Cl4N3O. The summed E-state index contributed by atoms with van der Waals surface area (Å²) in [6.07, 6.45) is 0.536. The quantitative estimate of drug-likeness (QED) is 0.616. The van der Waals surface area contributed by atoms with E-state index in [0.29, 0.717) is 10.7 Å². The number of aromatic nitrogens is 1. The summed E-state index contributed by atoms with van der Waals surface area (Å²) in [6.45, 7) is 0. The van der Waals surface area contributed by atoms with Crippen LogP contribution in [0.2, 0.25) is 5.02 Å². The lowest BCUT2D eigenvalue weighted by Crippen LogP contribution is -2.49. The van der Waals surface area contributed by atoms with E-state index in [9.17, 15) is 4.79 Å². The molecule has 1 aromatic carbocycles. The summed E-state index contributed by atoms with van der Waals surface area (Å²) in [4.78, 5) is 16.1. The summed E-state index contributed by atoms with van der Waals surface area (Å²) in [6, 6.07) is 11.8. The lowest BCUT2D eigenvalue weighted by Gasteiger charge is -2.27. The molecule has 1 heterocycles. The van der Waals surface area contributed by atoms with E-state index in [2.05, 4.69) is 15.6 Å². The van der Waals surface area contributed by atoms with Crippen LogP contribution >= 0.6 is 46.4 Å². The average Bonchev–Trinajstić information content (AvgIpc) is 2.46. The fraction of sp³-hybridized carbons (Fsp3) is 0.143. The van der Waals surface area contributed by atoms with Crippen molar-refractivity contribution in [2.24, 2.45) is 0 Å². The number of carbonyl (C=O) groups is 1. The van der Waals surface area contributed by atoms with Gasteiger partial charge in [0.05, 0.1) is 0 Å². The van der Waals surface area contributed by atoms with Crippen molar-refractivity contribution >= 4 is 58.0 Å². The first-order valence-electron chi connectivity index (χ1n) is 6.17. The molecule has 0 spiro atoms. The summed E-state index contributed by atoms with van der Waals surface area (Å²) in [5.41, 5.74) is 0.819. The second-order valence-corrected chi connectivity index (χ2v) is 7.12. The van der Waals surface area contributed by atoms with Crippen molar-refractivity contribution in [3.05, 3.63) is 59.4 Å². The van der Waals surface area contributed by atoms with Crippen LogP contribution in [-0.4, -0.2) is 20.8 Å². The Bertz CT molecular complexity index is 646. The molecule has 0 unspecified atom stereocenters. The van der Waals surface area contributed by atoms with E-state index >= 15 is 0 Å². The molecule has 0 aliphatic rings. The molecule has 0 radical (unpaired) electrons. The largest absolute Gasteiger partial charge is 0.362 e. The molecule has 22 heavy (non-hydrogen) atoms. The van der Waals surface area contributed by atoms with Crippen molar-refractivity contribution in [2.75, 3.05) is 5.32 Å². The van der Waals surface area contributed by atoms with Crippen LogP contribution in [0.25, 0.3) is 0 Å². The van der Waals surface area contributed by atoms with Crippen LogP contribution in [0.15, 0.2) is 48.7 Å². The summed E-state index contributed by atoms with van der Waals surface area (Å²) in [7, 11) is 0. The van der Waals surface area contributed by atoms with Gasteiger partial charge in [-0.3, -0.25) is 9.78 Å². The van der Waals surface area contributed by atoms with E-state index in [1.54, 1.807) is 42.5 Å². The Morgan fingerprint density at radius 2 is 1.91 bits per heavy atom. The Morgan fingerprint density at radius 3 is 2.50 bits per heavy atom. The van der Waals surface area contributed by atoms with Gasteiger partial charge in [-0.05, 0) is 30.3 Å². The maximum absolute atomic E-state index is 12.1. The first-order chi connectivity index (χ1) is 10.4. The van der Waals surface area contributed by atoms with Crippen LogP contribution in [0.5, 0.6) is 0 Å². The highest BCUT2D eigenvalue weighted by Crippen LogP contribution is 2.31. The predicted octanol–water partition coefficient (Wildman–Crippen LogP) is 4.27. The van der Waals surface area contributed by atoms with Crippen molar-refractivity contribution in [3.8, 4) is 0 Å². The third kappa shape index (κ3) is 4.92. The number of nitrogens with zero attached hydrogens (tertiary/aromatic N) is 1. The highest BCUT2D eigenvalue weighted by Gasteiger charge is 2.34. The molecule has 116 valence electrons. The van der Waals surface area contributed by atoms with Crippen LogP contribution in [0.1, 0.15) is 10.5 Å². The topological polar surface area (TPSA) is 54.0 Å². The van der Waals surface area contributed by atoms with Gasteiger partial charge in [-0.2, -0.15) is 0 Å². The number of halogens is 4. The van der Waals surface area contributed by atoms with Crippen molar-refractivity contribution in [1.29, 1.82) is 0 Å². The van der Waals surface area contributed by atoms with Gasteiger partial charge in [0, 0.05) is 16.9 Å². The van der Waals surface area contributed by atoms with Gasteiger partial charge in [0.2, 0.25) is 3.79 Å². The van der Waals surface area contributed by atoms with E-state index < -0.39 is 15.9 Å². The Labute approximate surface area is 147 Å². The van der Waals surface area contributed by atoms with E-state index in [4.69, 9.17) is 46.4 Å². The zero-order chi connectivity index (χ0) is 16.2. The van der Waals surface area contributed by atoms with Crippen molar-refractivity contribution in [2.45, 2.75) is 9.96 Å². The molecule has 1 aromatic heterocycles. The number of nitrogens with one attached hydrogen (secondary N) is 2. The normalized spacial score (nSPS) is 12.5. The molecule has 0 saturated heterocycles. The smallest absolute Gasteiger partial charge is 0.271 e. The number of rotatable bonds is 4. The fourth-order valence-corrected chi connectivity index (χ4v) is 2.16. The van der Waals surface area contributed by atoms with E-state index in [0.717, 1.165) is 0 Å². The van der Waals surface area contributed by atoms with Gasteiger partial charge in [0.25, 0.3) is 5.91 Å². The molecule has 0 saturated carbocycles. The highest BCUT2D eigenvalue weighted by molar-refractivity contribution is 6.68. The molecule has 8 heteroatoms. The fourth-order valence-electron chi connectivity index (χ4n) is 1.65. The number of alkyl halides is 3. The average molecular weight is 379 g/mol. The second-order valence-electron chi connectivity index (χ2n) is 4.32. The Morgan fingerprint density at radius 1 is 1.14 bits per heavy atom. The molecule has 0 aliphatic heterocycles. The number of hydrogen-bond acceptors (Lipinski definition) is 3. The summed E-state index contributed by atoms with van der Waals surface area (Å²) in [5, 5.41) is 6.03. The minimum absolute atomic E-state index is 0.217. The lowest BCUT2D eigenvalue weighted by molar-refractivity contribution is 0.0937. The zero-order valence-electron chi connectivity index (χ0n) is 11.1. The zero-order valence-corrected chi connectivity index (χ0v) is 14.1. The molecule has 0 fully saturated rings. The Kier molecular flexibility index (Phi) is 5.75. The molecule has 1 amide bonds. The maximum Gasteiger partial charge on any atom is 0.271 e. The molecule has 2 rings (SSSR count). The molecular weight excluding hydrogens is 368 g/mol. The first-order valence-corrected chi connectivity index (χ1v) is 7.68. The van der Waals surface area contributed by atoms with Gasteiger partial charge >= 0.3 is 0 Å². The summed E-state index contributed by atoms with van der Waals surface area (Å²) >= 11 is 23.7. The van der Waals surface area contributed by atoms with Crippen molar-refractivity contribution < 1.29 is 4.79 Å². The Balaban J connectivity index is 2.15. The monoisotopic (exact) mass is 377 g/mol. The standard InChI is InChI=1S/C14H11Cl4N3O/c15-9-4-3-5-10(8-9)20-13(14(16,17)18)21-12(22)11-6-1-2-7-19-11/h1-8,13,20H,(H,21,22)/t13-/m1/s1. The van der Waals surface area contributed by atoms with Crippen LogP contribution in [0, 0.1) is 0 Å². The summed E-state index contributed by atoms with van der Waals surface area (Å²) < 4.78 is -1.77. The number of benzene rings is 1. The van der Waals surface area contributed by atoms with Gasteiger partial charge in [0.1, 0.15) is 11.9 Å². The minimum atomic E-state index is -1.77. The molecule has 2 aromatic rings. The maximum atomic E-state index is 12.1. The number of hydrogen-bond donors (Lipinski definition) is 2. The van der Waals surface area contributed by atoms with Gasteiger partial charge in [-0.15, -0.1) is 0 Å². The Hall–Kier alpha value is -1.20. The third-order valence-corrected chi connectivity index (χ3v) is 3.53. The van der Waals surface area contributed by atoms with Gasteiger partial charge < -0.3 is 10.6 Å². The van der Waals surface area contributed by atoms with E-state index in [-0.39, 0.29) is 5.69 Å². The SMILES string of the molecule is O=C(N[C@@H](Nc1cccc(Cl)c1)C(Cl)(Cl)Cl)c1ccccn1. The third-order valence-electron chi connectivity index (χ3n) is 2.64. The van der Waals surface area contributed by atoms with Crippen LogP contribution in [0.4, 0.5) is 5.69 Å². The van der Waals surface area contributed by atoms with Crippen molar-refractivity contribution in [1.82, 2.24) is 10.3 Å². The van der Waals surface area contributed by atoms with E-state index in [1.165, 1.54) is 6.20 Å². The number of pyridine rings is 1. The van der Waals surface area contributed by atoms with Crippen LogP contribution < -0.4 is 10.6 Å². The highest BCUT2D eigenvalue weighted by atomic mass is 35.6. The summed E-state index contributed by atoms with van der Waals surface area (Å²) in [5.74, 6) is -0.466. The first kappa shape index (κ1) is 17.2. The molecule has 0 bridgehead atoms. The van der Waals surface area contributed by atoms with Crippen LogP contribution in [-0.2, 0) is 0 Å². The molecule has 1 atom stereocenters. The molecule has 4 nitrogen and oxygen atoms in total. The number of anilines is 1. The minimum Gasteiger partial charge on any atom is -0.362 e. The second kappa shape index (κ2) is 7.38. The lowest BCUT2D eigenvalue weighted by atomic mass is 10.3. The van der Waals surface area contributed by atoms with Gasteiger partial charge in [-0.1, -0.05) is 58.5 Å². The van der Waals surface area contributed by atoms with Crippen LogP contribution in [0.3, 0.4) is 0 Å². The van der Waals surface area contributed by atoms with Gasteiger partial charge in [-0.25, -0.2) is 0 Å². The number of amides is 1. The predicted molar refractivity (Wildman–Crippen MR) is 90.9 cm³/mol. The van der Waals surface area contributed by atoms with E-state index in [1.807, 2.05) is 0 Å².